The second-order valence-electron chi connectivity index (χ2n) is 7.85. The molecule has 2 aromatic heterocycles. The molecule has 0 radical (unpaired) electrons. The molecular weight excluding hydrogens is 418 g/mol. The molecule has 4 rings (SSSR count). The zero-order chi connectivity index (χ0) is 22.2. The number of urea groups is 1. The molecular formula is C21H25N5O4S. The van der Waals surface area contributed by atoms with Crippen molar-refractivity contribution in [3.8, 4) is 10.4 Å². The molecule has 2 fully saturated rings. The van der Waals surface area contributed by atoms with Gasteiger partial charge >= 0.3 is 12.0 Å². The van der Waals surface area contributed by atoms with Gasteiger partial charge in [0.1, 0.15) is 11.5 Å². The minimum absolute atomic E-state index is 0.233. The Labute approximate surface area is 184 Å². The van der Waals surface area contributed by atoms with Crippen molar-refractivity contribution < 1.29 is 19.1 Å². The van der Waals surface area contributed by atoms with E-state index in [0.717, 1.165) is 35.4 Å². The summed E-state index contributed by atoms with van der Waals surface area (Å²) in [6.45, 7) is 4.48. The average Bonchev–Trinajstić information content (AvgIpc) is 3.25. The van der Waals surface area contributed by atoms with Gasteiger partial charge in [0.15, 0.2) is 5.13 Å². The first-order chi connectivity index (χ1) is 14.9. The number of carbonyl (C=O) groups excluding carboxylic acids is 3. The van der Waals surface area contributed by atoms with Gasteiger partial charge in [0.25, 0.3) is 0 Å². The van der Waals surface area contributed by atoms with Crippen LogP contribution in [-0.2, 0) is 19.7 Å². The van der Waals surface area contributed by atoms with Crippen LogP contribution in [0.25, 0.3) is 10.4 Å². The summed E-state index contributed by atoms with van der Waals surface area (Å²) in [5.74, 6) is -0.730. The number of likely N-dealkylation sites (tertiary alicyclic amines) is 1. The molecule has 10 heteroatoms. The lowest BCUT2D eigenvalue weighted by atomic mass is 10.00. The molecule has 0 aromatic carbocycles. The standard InChI is InChI=1S/C21H25N5O4S/c1-3-30-18(28)21(7-8-21)15-11-13(6-9-23-15)16-12(2)24-19(31-16)25-20(29)26-10-4-5-14(26)17(22)27/h6,9,11,14H,3-5,7-8,10H2,1-2H3,(H2,22,27)(H,24,25,29)/t14-/m0/s1. The molecule has 3 N–H and O–H groups in total. The normalized spacial score (nSPS) is 19.2. The molecule has 2 aliphatic rings. The van der Waals surface area contributed by atoms with E-state index in [1.807, 2.05) is 19.1 Å². The molecule has 1 atom stereocenters. The number of aryl methyl sites for hydroxylation is 1. The number of esters is 1. The molecule has 31 heavy (non-hydrogen) atoms. The summed E-state index contributed by atoms with van der Waals surface area (Å²) in [5, 5.41) is 3.23. The lowest BCUT2D eigenvalue weighted by molar-refractivity contribution is -0.146. The maximum absolute atomic E-state index is 12.6. The van der Waals surface area contributed by atoms with E-state index in [-0.39, 0.29) is 12.0 Å². The van der Waals surface area contributed by atoms with Crippen LogP contribution < -0.4 is 11.1 Å². The first-order valence-electron chi connectivity index (χ1n) is 10.3. The van der Waals surface area contributed by atoms with Crippen LogP contribution in [0, 0.1) is 6.92 Å². The summed E-state index contributed by atoms with van der Waals surface area (Å²) in [4.78, 5) is 47.8. The second-order valence-corrected chi connectivity index (χ2v) is 8.85. The van der Waals surface area contributed by atoms with Crippen LogP contribution in [0.15, 0.2) is 18.3 Å². The fourth-order valence-corrected chi connectivity index (χ4v) is 4.93. The fourth-order valence-electron chi connectivity index (χ4n) is 3.98. The lowest BCUT2D eigenvalue weighted by Gasteiger charge is -2.21. The summed E-state index contributed by atoms with van der Waals surface area (Å²) in [6.07, 6.45) is 4.45. The highest BCUT2D eigenvalue weighted by atomic mass is 32.1. The molecule has 9 nitrogen and oxygen atoms in total. The first-order valence-corrected chi connectivity index (χ1v) is 11.2. The monoisotopic (exact) mass is 443 g/mol. The molecule has 0 spiro atoms. The number of ether oxygens (including phenoxy) is 1. The van der Waals surface area contributed by atoms with E-state index in [9.17, 15) is 14.4 Å². The number of aromatic nitrogens is 2. The SMILES string of the molecule is CCOC(=O)C1(c2cc(-c3sc(NC(=O)N4CCC[C@H]4C(N)=O)nc3C)ccn2)CC1. The lowest BCUT2D eigenvalue weighted by Crippen LogP contribution is -2.45. The Morgan fingerprint density at radius 2 is 2.16 bits per heavy atom. The van der Waals surface area contributed by atoms with Crippen LogP contribution >= 0.6 is 11.3 Å². The highest BCUT2D eigenvalue weighted by Gasteiger charge is 2.54. The van der Waals surface area contributed by atoms with E-state index < -0.39 is 17.4 Å². The van der Waals surface area contributed by atoms with E-state index in [4.69, 9.17) is 10.5 Å². The zero-order valence-corrected chi connectivity index (χ0v) is 18.3. The van der Waals surface area contributed by atoms with Crippen molar-refractivity contribution in [2.45, 2.75) is 51.0 Å². The summed E-state index contributed by atoms with van der Waals surface area (Å²) < 4.78 is 5.24. The van der Waals surface area contributed by atoms with Gasteiger partial charge in [0.05, 0.1) is 22.9 Å². The molecule has 164 valence electrons. The van der Waals surface area contributed by atoms with Crippen molar-refractivity contribution in [2.24, 2.45) is 5.73 Å². The third kappa shape index (κ3) is 3.99. The minimum Gasteiger partial charge on any atom is -0.465 e. The van der Waals surface area contributed by atoms with Crippen LogP contribution in [0.3, 0.4) is 0 Å². The average molecular weight is 444 g/mol. The van der Waals surface area contributed by atoms with Gasteiger partial charge in [-0.2, -0.15) is 0 Å². The first kappa shape index (κ1) is 21.2. The van der Waals surface area contributed by atoms with E-state index in [1.54, 1.807) is 13.1 Å². The topological polar surface area (TPSA) is 128 Å². The third-order valence-corrected chi connectivity index (χ3v) is 6.90. The number of carbonyl (C=O) groups is 3. The van der Waals surface area contributed by atoms with Gasteiger partial charge in [-0.1, -0.05) is 11.3 Å². The van der Waals surface area contributed by atoms with Crippen molar-refractivity contribution in [1.29, 1.82) is 0 Å². The largest absolute Gasteiger partial charge is 0.465 e. The van der Waals surface area contributed by atoms with E-state index in [0.29, 0.717) is 30.4 Å². The number of nitrogens with zero attached hydrogens (tertiary/aromatic N) is 3. The Bertz CT molecular complexity index is 1030. The van der Waals surface area contributed by atoms with E-state index >= 15 is 0 Å². The van der Waals surface area contributed by atoms with Crippen LogP contribution in [-0.4, -0.2) is 52.0 Å². The summed E-state index contributed by atoms with van der Waals surface area (Å²) >= 11 is 1.34. The number of amides is 3. The summed E-state index contributed by atoms with van der Waals surface area (Å²) in [7, 11) is 0. The predicted octanol–water partition coefficient (Wildman–Crippen LogP) is 2.59. The molecule has 0 unspecified atom stereocenters. The Balaban J connectivity index is 1.54. The number of nitrogens with one attached hydrogen (secondary N) is 1. The van der Waals surface area contributed by atoms with Crippen molar-refractivity contribution in [3.63, 3.8) is 0 Å². The third-order valence-electron chi connectivity index (χ3n) is 5.78. The molecule has 1 aliphatic carbocycles. The van der Waals surface area contributed by atoms with Crippen molar-refractivity contribution in [3.05, 3.63) is 29.7 Å². The number of primary amides is 1. The number of pyridine rings is 1. The maximum Gasteiger partial charge on any atom is 0.324 e. The smallest absolute Gasteiger partial charge is 0.324 e. The number of rotatable bonds is 6. The Morgan fingerprint density at radius 1 is 1.39 bits per heavy atom. The fraction of sp³-hybridized carbons (Fsp3) is 0.476. The molecule has 1 saturated carbocycles. The van der Waals surface area contributed by atoms with Gasteiger partial charge in [0, 0.05) is 12.7 Å². The number of anilines is 1. The van der Waals surface area contributed by atoms with Gasteiger partial charge in [-0.05, 0) is 57.2 Å². The highest BCUT2D eigenvalue weighted by Crippen LogP contribution is 2.49. The number of hydrogen-bond acceptors (Lipinski definition) is 7. The van der Waals surface area contributed by atoms with E-state index in [1.165, 1.54) is 16.2 Å². The number of thiazole rings is 1. The van der Waals surface area contributed by atoms with Crippen LogP contribution in [0.5, 0.6) is 0 Å². The molecule has 2 aromatic rings. The molecule has 3 heterocycles. The van der Waals surface area contributed by atoms with Crippen LogP contribution in [0.1, 0.15) is 44.0 Å². The van der Waals surface area contributed by atoms with Crippen LogP contribution in [0.4, 0.5) is 9.93 Å². The Kier molecular flexibility index (Phi) is 5.65. The van der Waals surface area contributed by atoms with Crippen molar-refractivity contribution in [1.82, 2.24) is 14.9 Å². The Morgan fingerprint density at radius 3 is 2.84 bits per heavy atom. The van der Waals surface area contributed by atoms with Crippen molar-refractivity contribution in [2.75, 3.05) is 18.5 Å². The summed E-state index contributed by atoms with van der Waals surface area (Å²) in [5.41, 5.74) is 7.09. The Hall–Kier alpha value is -3.01. The van der Waals surface area contributed by atoms with Gasteiger partial charge in [-0.3, -0.25) is 19.9 Å². The summed E-state index contributed by atoms with van der Waals surface area (Å²) in [6, 6.07) is 2.80. The van der Waals surface area contributed by atoms with Gasteiger partial charge in [-0.15, -0.1) is 0 Å². The molecule has 3 amide bonds. The highest BCUT2D eigenvalue weighted by molar-refractivity contribution is 7.19. The van der Waals surface area contributed by atoms with Gasteiger partial charge in [0.2, 0.25) is 5.91 Å². The molecule has 1 aliphatic heterocycles. The number of nitrogens with two attached hydrogens (primary N) is 1. The molecule has 0 bridgehead atoms. The van der Waals surface area contributed by atoms with Crippen molar-refractivity contribution >= 4 is 34.4 Å². The molecule has 1 saturated heterocycles. The van der Waals surface area contributed by atoms with Gasteiger partial charge in [-0.25, -0.2) is 9.78 Å². The van der Waals surface area contributed by atoms with E-state index in [2.05, 4.69) is 15.3 Å². The predicted molar refractivity (Wildman–Crippen MR) is 116 cm³/mol. The second kappa shape index (κ2) is 8.26. The van der Waals surface area contributed by atoms with Crippen LogP contribution in [0.2, 0.25) is 0 Å². The zero-order valence-electron chi connectivity index (χ0n) is 17.5. The maximum atomic E-state index is 12.6. The van der Waals surface area contributed by atoms with Gasteiger partial charge < -0.3 is 15.4 Å². The quantitative estimate of drug-likeness (QED) is 0.661. The minimum atomic E-state index is -0.652. The number of hydrogen-bond donors (Lipinski definition) is 2.